The summed E-state index contributed by atoms with van der Waals surface area (Å²) in [6.07, 6.45) is 0. The van der Waals surface area contributed by atoms with Crippen molar-refractivity contribution in [3.63, 3.8) is 0 Å². The summed E-state index contributed by atoms with van der Waals surface area (Å²) in [4.78, 5) is 24.4. The van der Waals surface area contributed by atoms with E-state index >= 15 is 0 Å². The average molecular weight is 402 g/mol. The minimum Gasteiger partial charge on any atom is -0.450 e. The minimum atomic E-state index is -0.342. The molecule has 5 rings (SSSR count). The Morgan fingerprint density at radius 2 is 1.83 bits per heavy atom. The van der Waals surface area contributed by atoms with E-state index in [4.69, 9.17) is 9.15 Å². The molecule has 1 amide bonds. The number of fused-ring (bicyclic) bond motifs is 3. The summed E-state index contributed by atoms with van der Waals surface area (Å²) in [5, 5.41) is 3.83. The maximum Gasteiger partial charge on any atom is 0.293 e. The molecule has 0 unspecified atom stereocenters. The molecule has 30 heavy (non-hydrogen) atoms. The van der Waals surface area contributed by atoms with E-state index in [9.17, 15) is 4.79 Å². The Hall–Kier alpha value is -3.45. The van der Waals surface area contributed by atoms with E-state index < -0.39 is 0 Å². The van der Waals surface area contributed by atoms with Gasteiger partial charge in [-0.3, -0.25) is 4.79 Å². The third-order valence-corrected chi connectivity index (χ3v) is 5.57. The highest BCUT2D eigenvalue weighted by Crippen LogP contribution is 2.33. The first-order valence-electron chi connectivity index (χ1n) is 10.0. The van der Waals surface area contributed by atoms with Gasteiger partial charge in [-0.1, -0.05) is 24.3 Å². The number of ether oxygens (including phenoxy) is 1. The van der Waals surface area contributed by atoms with Crippen molar-refractivity contribution >= 4 is 39.5 Å². The summed E-state index contributed by atoms with van der Waals surface area (Å²) in [7, 11) is 0. The van der Waals surface area contributed by atoms with Crippen molar-refractivity contribution in [1.29, 1.82) is 0 Å². The molecule has 4 aromatic rings. The van der Waals surface area contributed by atoms with Gasteiger partial charge in [0.15, 0.2) is 11.4 Å². The molecule has 2 aromatic carbocycles. The zero-order chi connectivity index (χ0) is 20.7. The van der Waals surface area contributed by atoms with Gasteiger partial charge in [0.2, 0.25) is 5.82 Å². The highest BCUT2D eigenvalue weighted by atomic mass is 16.5. The quantitative estimate of drug-likeness (QED) is 0.556. The van der Waals surface area contributed by atoms with Crippen molar-refractivity contribution in [2.45, 2.75) is 13.8 Å². The molecule has 3 heterocycles. The van der Waals surface area contributed by atoms with Gasteiger partial charge in [0.25, 0.3) is 5.91 Å². The van der Waals surface area contributed by atoms with E-state index in [2.05, 4.69) is 20.2 Å². The van der Waals surface area contributed by atoms with Crippen molar-refractivity contribution in [3.8, 4) is 0 Å². The van der Waals surface area contributed by atoms with Gasteiger partial charge in [-0.25, -0.2) is 9.97 Å². The number of aromatic nitrogens is 2. The summed E-state index contributed by atoms with van der Waals surface area (Å²) >= 11 is 0. The van der Waals surface area contributed by atoms with Crippen molar-refractivity contribution in [2.75, 3.05) is 36.5 Å². The van der Waals surface area contributed by atoms with E-state index in [-0.39, 0.29) is 11.7 Å². The van der Waals surface area contributed by atoms with Gasteiger partial charge in [0.1, 0.15) is 11.1 Å². The normalized spacial score (nSPS) is 14.4. The molecular formula is C23H22N4O3. The minimum absolute atomic E-state index is 0.122. The number of rotatable bonds is 3. The Balaban J connectivity index is 1.63. The first-order chi connectivity index (χ1) is 14.6. The van der Waals surface area contributed by atoms with Crippen LogP contribution in [0.25, 0.3) is 22.1 Å². The Morgan fingerprint density at radius 1 is 1.03 bits per heavy atom. The van der Waals surface area contributed by atoms with Crippen LogP contribution >= 0.6 is 0 Å². The summed E-state index contributed by atoms with van der Waals surface area (Å²) in [5.74, 6) is 0.410. The fourth-order valence-electron chi connectivity index (χ4n) is 3.73. The maximum atomic E-state index is 13.1. The number of morpholine rings is 1. The molecule has 0 atom stereocenters. The number of anilines is 2. The number of amides is 1. The summed E-state index contributed by atoms with van der Waals surface area (Å²) in [5.41, 5.74) is 4.86. The molecule has 1 aliphatic rings. The van der Waals surface area contributed by atoms with Gasteiger partial charge in [0, 0.05) is 24.2 Å². The first-order valence-corrected chi connectivity index (χ1v) is 10.0. The number of hydrogen-bond acceptors (Lipinski definition) is 6. The van der Waals surface area contributed by atoms with Crippen LogP contribution < -0.4 is 10.2 Å². The van der Waals surface area contributed by atoms with Gasteiger partial charge in [-0.15, -0.1) is 0 Å². The second kappa shape index (κ2) is 7.42. The highest BCUT2D eigenvalue weighted by molar-refractivity contribution is 6.09. The number of aryl methyl sites for hydroxylation is 1. The van der Waals surface area contributed by atoms with Crippen molar-refractivity contribution < 1.29 is 13.9 Å². The number of nitrogens with one attached hydrogen (secondary N) is 1. The standard InChI is InChI=1S/C23H22N4O3/c1-14-6-5-8-17(15(14)2)24-23(28)21-25-19-16-7-3-4-9-18(16)30-20(19)22(26-21)27-10-12-29-13-11-27/h3-9H,10-13H2,1-2H3,(H,24,28). The van der Waals surface area contributed by atoms with Crippen LogP contribution in [0.2, 0.25) is 0 Å². The van der Waals surface area contributed by atoms with Crippen LogP contribution in [-0.4, -0.2) is 42.2 Å². The monoisotopic (exact) mass is 402 g/mol. The van der Waals surface area contributed by atoms with Crippen LogP contribution in [-0.2, 0) is 4.74 Å². The van der Waals surface area contributed by atoms with Gasteiger partial charge in [-0.05, 0) is 43.2 Å². The molecule has 0 aliphatic carbocycles. The van der Waals surface area contributed by atoms with Crippen molar-refractivity contribution in [1.82, 2.24) is 9.97 Å². The average Bonchev–Trinajstić information content (AvgIpc) is 3.15. The van der Waals surface area contributed by atoms with Crippen LogP contribution in [0, 0.1) is 13.8 Å². The van der Waals surface area contributed by atoms with Crippen LogP contribution in [0.4, 0.5) is 11.5 Å². The lowest BCUT2D eigenvalue weighted by Crippen LogP contribution is -2.37. The smallest absolute Gasteiger partial charge is 0.293 e. The Labute approximate surface area is 173 Å². The third kappa shape index (κ3) is 3.17. The number of carbonyl (C=O) groups is 1. The van der Waals surface area contributed by atoms with Crippen LogP contribution in [0.15, 0.2) is 46.9 Å². The number of para-hydroxylation sites is 1. The molecule has 1 fully saturated rings. The number of nitrogens with zero attached hydrogens (tertiary/aromatic N) is 3. The van der Waals surface area contributed by atoms with E-state index in [1.54, 1.807) is 0 Å². The Kier molecular flexibility index (Phi) is 4.59. The van der Waals surface area contributed by atoms with Gasteiger partial charge < -0.3 is 19.4 Å². The predicted octanol–water partition coefficient (Wildman–Crippen LogP) is 4.08. The fourth-order valence-corrected chi connectivity index (χ4v) is 3.73. The fraction of sp³-hybridized carbons (Fsp3) is 0.261. The molecule has 0 spiro atoms. The molecule has 1 saturated heterocycles. The van der Waals surface area contributed by atoms with Crippen LogP contribution in [0.3, 0.4) is 0 Å². The zero-order valence-electron chi connectivity index (χ0n) is 16.9. The van der Waals surface area contributed by atoms with Crippen LogP contribution in [0.1, 0.15) is 21.7 Å². The van der Waals surface area contributed by atoms with E-state index in [0.29, 0.717) is 43.2 Å². The Bertz CT molecular complexity index is 1260. The van der Waals surface area contributed by atoms with E-state index in [1.807, 2.05) is 56.3 Å². The van der Waals surface area contributed by atoms with E-state index in [1.165, 1.54) is 0 Å². The topological polar surface area (TPSA) is 80.5 Å². The van der Waals surface area contributed by atoms with Gasteiger partial charge in [-0.2, -0.15) is 0 Å². The number of hydrogen-bond donors (Lipinski definition) is 1. The lowest BCUT2D eigenvalue weighted by atomic mass is 10.1. The Morgan fingerprint density at radius 3 is 2.67 bits per heavy atom. The lowest BCUT2D eigenvalue weighted by Gasteiger charge is -2.27. The lowest BCUT2D eigenvalue weighted by molar-refractivity contribution is 0.101. The van der Waals surface area contributed by atoms with E-state index in [0.717, 1.165) is 27.8 Å². The van der Waals surface area contributed by atoms with Gasteiger partial charge in [0.05, 0.1) is 13.2 Å². The number of furan rings is 1. The molecule has 7 heteroatoms. The SMILES string of the molecule is Cc1cccc(NC(=O)c2nc(N3CCOCC3)c3oc4ccccc4c3n2)c1C. The zero-order valence-corrected chi connectivity index (χ0v) is 16.9. The molecule has 0 bridgehead atoms. The molecule has 1 aliphatic heterocycles. The van der Waals surface area contributed by atoms with Crippen LogP contribution in [0.5, 0.6) is 0 Å². The molecular weight excluding hydrogens is 380 g/mol. The molecule has 0 saturated carbocycles. The third-order valence-electron chi connectivity index (χ3n) is 5.57. The second-order valence-corrected chi connectivity index (χ2v) is 7.45. The predicted molar refractivity (Wildman–Crippen MR) is 116 cm³/mol. The molecule has 152 valence electrons. The van der Waals surface area contributed by atoms with Gasteiger partial charge >= 0.3 is 0 Å². The molecule has 0 radical (unpaired) electrons. The number of carbonyl (C=O) groups excluding carboxylic acids is 1. The second-order valence-electron chi connectivity index (χ2n) is 7.45. The molecule has 7 nitrogen and oxygen atoms in total. The molecule has 1 N–H and O–H groups in total. The largest absolute Gasteiger partial charge is 0.450 e. The highest BCUT2D eigenvalue weighted by Gasteiger charge is 2.24. The van der Waals surface area contributed by atoms with Crippen molar-refractivity contribution in [2.24, 2.45) is 0 Å². The summed E-state index contributed by atoms with van der Waals surface area (Å²) < 4.78 is 11.6. The molecule has 2 aromatic heterocycles. The number of benzene rings is 2. The first kappa shape index (κ1) is 18.6. The summed E-state index contributed by atoms with van der Waals surface area (Å²) in [6.45, 7) is 6.58. The summed E-state index contributed by atoms with van der Waals surface area (Å²) in [6, 6.07) is 13.5. The maximum absolute atomic E-state index is 13.1. The van der Waals surface area contributed by atoms with Crippen molar-refractivity contribution in [3.05, 3.63) is 59.4 Å².